The Balaban J connectivity index is 1.91. The van der Waals surface area contributed by atoms with Gasteiger partial charge < -0.3 is 9.47 Å². The SMILES string of the molecule is CCOC(=O)[C@H]1C(Sc2ccccc2)C(=O)O[C@H]1c1ccccc1. The summed E-state index contributed by atoms with van der Waals surface area (Å²) in [7, 11) is 0. The molecule has 4 nitrogen and oxygen atoms in total. The van der Waals surface area contributed by atoms with Gasteiger partial charge in [-0.05, 0) is 24.6 Å². The molecule has 0 radical (unpaired) electrons. The van der Waals surface area contributed by atoms with Crippen LogP contribution in [0.4, 0.5) is 0 Å². The molecule has 5 heteroatoms. The fourth-order valence-electron chi connectivity index (χ4n) is 2.74. The van der Waals surface area contributed by atoms with Crippen molar-refractivity contribution in [1.29, 1.82) is 0 Å². The van der Waals surface area contributed by atoms with Crippen LogP contribution in [0.5, 0.6) is 0 Å². The Hall–Kier alpha value is -2.27. The maximum Gasteiger partial charge on any atom is 0.321 e. The molecular weight excluding hydrogens is 324 g/mol. The first-order valence-electron chi connectivity index (χ1n) is 7.84. The van der Waals surface area contributed by atoms with Gasteiger partial charge in [-0.25, -0.2) is 0 Å². The average Bonchev–Trinajstić information content (AvgIpc) is 2.93. The summed E-state index contributed by atoms with van der Waals surface area (Å²) >= 11 is 1.34. The van der Waals surface area contributed by atoms with E-state index in [-0.39, 0.29) is 12.6 Å². The van der Waals surface area contributed by atoms with Crippen LogP contribution in [0.2, 0.25) is 0 Å². The Labute approximate surface area is 145 Å². The summed E-state index contributed by atoms with van der Waals surface area (Å²) in [5.41, 5.74) is 0.806. The lowest BCUT2D eigenvalue weighted by atomic mass is 9.95. The summed E-state index contributed by atoms with van der Waals surface area (Å²) < 4.78 is 10.8. The third kappa shape index (κ3) is 3.46. The van der Waals surface area contributed by atoms with E-state index in [4.69, 9.17) is 9.47 Å². The van der Waals surface area contributed by atoms with Crippen molar-refractivity contribution in [2.24, 2.45) is 5.92 Å². The Morgan fingerprint density at radius 3 is 2.33 bits per heavy atom. The predicted molar refractivity (Wildman–Crippen MR) is 91.5 cm³/mol. The first kappa shape index (κ1) is 16.6. The van der Waals surface area contributed by atoms with E-state index in [1.165, 1.54) is 11.8 Å². The zero-order valence-corrected chi connectivity index (χ0v) is 14.1. The summed E-state index contributed by atoms with van der Waals surface area (Å²) in [5.74, 6) is -1.44. The van der Waals surface area contributed by atoms with Crippen molar-refractivity contribution in [3.05, 3.63) is 66.2 Å². The highest BCUT2D eigenvalue weighted by Crippen LogP contribution is 2.44. The average molecular weight is 342 g/mol. The Morgan fingerprint density at radius 1 is 1.08 bits per heavy atom. The van der Waals surface area contributed by atoms with Gasteiger partial charge in [0.25, 0.3) is 0 Å². The summed E-state index contributed by atoms with van der Waals surface area (Å²) in [6.45, 7) is 2.03. The van der Waals surface area contributed by atoms with E-state index < -0.39 is 23.2 Å². The van der Waals surface area contributed by atoms with Gasteiger partial charge in [0.1, 0.15) is 17.3 Å². The first-order chi connectivity index (χ1) is 11.7. The minimum absolute atomic E-state index is 0.272. The third-order valence-electron chi connectivity index (χ3n) is 3.82. The van der Waals surface area contributed by atoms with Gasteiger partial charge in [-0.15, -0.1) is 11.8 Å². The van der Waals surface area contributed by atoms with Crippen LogP contribution in [0, 0.1) is 5.92 Å². The highest BCUT2D eigenvalue weighted by molar-refractivity contribution is 8.00. The monoisotopic (exact) mass is 342 g/mol. The van der Waals surface area contributed by atoms with Gasteiger partial charge in [-0.2, -0.15) is 0 Å². The molecule has 0 spiro atoms. The van der Waals surface area contributed by atoms with Crippen molar-refractivity contribution in [3.8, 4) is 0 Å². The van der Waals surface area contributed by atoms with Crippen LogP contribution in [-0.4, -0.2) is 23.8 Å². The number of carbonyl (C=O) groups is 2. The highest BCUT2D eigenvalue weighted by Gasteiger charge is 2.50. The van der Waals surface area contributed by atoms with E-state index in [1.807, 2.05) is 60.7 Å². The standard InChI is InChI=1S/C19H18O4S/c1-2-22-18(20)15-16(13-9-5-3-6-10-13)23-19(21)17(15)24-14-11-7-4-8-12-14/h3-12,15-17H,2H2,1H3/t15-,16+,17?/m1/s1. The lowest BCUT2D eigenvalue weighted by Gasteiger charge is -2.19. The highest BCUT2D eigenvalue weighted by atomic mass is 32.2. The molecule has 2 aromatic rings. The Morgan fingerprint density at radius 2 is 1.71 bits per heavy atom. The smallest absolute Gasteiger partial charge is 0.321 e. The molecule has 0 saturated carbocycles. The molecule has 24 heavy (non-hydrogen) atoms. The molecule has 3 atom stereocenters. The number of hydrogen-bond acceptors (Lipinski definition) is 5. The van der Waals surface area contributed by atoms with Crippen molar-refractivity contribution < 1.29 is 19.1 Å². The van der Waals surface area contributed by atoms with Gasteiger partial charge in [0, 0.05) is 4.90 Å². The van der Waals surface area contributed by atoms with Crippen LogP contribution >= 0.6 is 11.8 Å². The van der Waals surface area contributed by atoms with Crippen LogP contribution in [0.3, 0.4) is 0 Å². The number of benzene rings is 2. The molecule has 1 aliphatic rings. The maximum atomic E-state index is 12.5. The molecule has 1 saturated heterocycles. The van der Waals surface area contributed by atoms with Gasteiger partial charge in [-0.3, -0.25) is 9.59 Å². The first-order valence-corrected chi connectivity index (χ1v) is 8.72. The van der Waals surface area contributed by atoms with Crippen LogP contribution in [0.25, 0.3) is 0 Å². The van der Waals surface area contributed by atoms with E-state index in [2.05, 4.69) is 0 Å². The summed E-state index contributed by atoms with van der Waals surface area (Å²) in [4.78, 5) is 25.9. The second-order valence-corrected chi connectivity index (χ2v) is 6.61. The van der Waals surface area contributed by atoms with E-state index in [9.17, 15) is 9.59 Å². The number of cyclic esters (lactones) is 1. The van der Waals surface area contributed by atoms with Crippen LogP contribution in [-0.2, 0) is 19.1 Å². The molecule has 0 amide bonds. The molecule has 1 aliphatic heterocycles. The van der Waals surface area contributed by atoms with Crippen molar-refractivity contribution in [1.82, 2.24) is 0 Å². The largest absolute Gasteiger partial charge is 0.466 e. The molecule has 2 aromatic carbocycles. The van der Waals surface area contributed by atoms with Gasteiger partial charge in [0.05, 0.1) is 6.61 Å². The topological polar surface area (TPSA) is 52.6 Å². The minimum atomic E-state index is -0.662. The number of rotatable bonds is 5. The molecule has 3 rings (SSSR count). The predicted octanol–water partition coefficient (Wildman–Crippen LogP) is 3.62. The van der Waals surface area contributed by atoms with Gasteiger partial charge >= 0.3 is 11.9 Å². The van der Waals surface area contributed by atoms with Crippen molar-refractivity contribution in [2.45, 2.75) is 23.2 Å². The lowest BCUT2D eigenvalue weighted by molar-refractivity contribution is -0.150. The Kier molecular flexibility index (Phi) is 5.20. The number of esters is 2. The quantitative estimate of drug-likeness (QED) is 0.777. The summed E-state index contributed by atoms with van der Waals surface area (Å²) in [6.07, 6.45) is -0.612. The molecule has 124 valence electrons. The van der Waals surface area contributed by atoms with Crippen molar-refractivity contribution in [2.75, 3.05) is 6.61 Å². The van der Waals surface area contributed by atoms with E-state index in [1.54, 1.807) is 6.92 Å². The van der Waals surface area contributed by atoms with E-state index in [0.717, 1.165) is 10.5 Å². The molecule has 0 aromatic heterocycles. The zero-order chi connectivity index (χ0) is 16.9. The van der Waals surface area contributed by atoms with Crippen molar-refractivity contribution >= 4 is 23.7 Å². The van der Waals surface area contributed by atoms with Gasteiger partial charge in [-0.1, -0.05) is 48.5 Å². The minimum Gasteiger partial charge on any atom is -0.466 e. The normalized spacial score (nSPS) is 22.9. The molecule has 1 heterocycles. The van der Waals surface area contributed by atoms with Gasteiger partial charge in [0.2, 0.25) is 0 Å². The Bertz CT molecular complexity index is 702. The maximum absolute atomic E-state index is 12.5. The van der Waals surface area contributed by atoms with Crippen LogP contribution in [0.1, 0.15) is 18.6 Å². The second-order valence-electron chi connectivity index (χ2n) is 5.40. The number of thioether (sulfide) groups is 1. The van der Waals surface area contributed by atoms with Crippen LogP contribution < -0.4 is 0 Å². The number of ether oxygens (including phenoxy) is 2. The molecule has 0 aliphatic carbocycles. The molecule has 1 fully saturated rings. The zero-order valence-electron chi connectivity index (χ0n) is 13.3. The molecule has 0 bridgehead atoms. The number of carbonyl (C=O) groups excluding carboxylic acids is 2. The number of hydrogen-bond donors (Lipinski definition) is 0. The van der Waals surface area contributed by atoms with Gasteiger partial charge in [0.15, 0.2) is 0 Å². The molecule has 1 unspecified atom stereocenters. The second kappa shape index (κ2) is 7.53. The summed E-state index contributed by atoms with van der Waals surface area (Å²) in [5, 5.41) is -0.614. The van der Waals surface area contributed by atoms with E-state index in [0.29, 0.717) is 0 Å². The molecule has 0 N–H and O–H groups in total. The summed E-state index contributed by atoms with van der Waals surface area (Å²) in [6, 6.07) is 18.9. The van der Waals surface area contributed by atoms with Crippen LogP contribution in [0.15, 0.2) is 65.6 Å². The third-order valence-corrected chi connectivity index (χ3v) is 5.10. The molecular formula is C19H18O4S. The fourth-order valence-corrected chi connectivity index (χ4v) is 3.90. The van der Waals surface area contributed by atoms with Crippen molar-refractivity contribution in [3.63, 3.8) is 0 Å². The van der Waals surface area contributed by atoms with E-state index >= 15 is 0 Å². The fraction of sp³-hybridized carbons (Fsp3) is 0.263. The lowest BCUT2D eigenvalue weighted by Crippen LogP contribution is -2.29.